The molecule has 9 aromatic heterocycles. The number of fused-ring (bicyclic) bond motifs is 9. The fourth-order valence-electron chi connectivity index (χ4n) is 8.99. The van der Waals surface area contributed by atoms with Crippen molar-refractivity contribution >= 4 is 94.1 Å². The van der Waals surface area contributed by atoms with Gasteiger partial charge in [0.25, 0.3) is 0 Å². The van der Waals surface area contributed by atoms with Gasteiger partial charge in [-0.3, -0.25) is 13.7 Å². The first-order valence-corrected chi connectivity index (χ1v) is 24.4. The number of rotatable bonds is 8. The number of hydrogen-bond acceptors (Lipinski definition) is 12. The highest BCUT2D eigenvalue weighted by molar-refractivity contribution is 9.10. The van der Waals surface area contributed by atoms with E-state index in [0.29, 0.717) is 70.7 Å². The average molecular weight is 1160 g/mol. The Morgan fingerprint density at radius 3 is 1.11 bits per heavy atom. The minimum Gasteiger partial charge on any atom is -0.478 e. The molecule has 0 radical (unpaired) electrons. The van der Waals surface area contributed by atoms with Gasteiger partial charge in [-0.25, -0.2) is 80.2 Å². The second kappa shape index (κ2) is 21.2. The van der Waals surface area contributed by atoms with Crippen molar-refractivity contribution in [3.63, 3.8) is 0 Å². The number of carbonyl (C=O) groups is 2. The molecule has 19 nitrogen and oxygen atoms in total. The van der Waals surface area contributed by atoms with Crippen molar-refractivity contribution in [2.75, 3.05) is 7.11 Å². The van der Waals surface area contributed by atoms with Crippen LogP contribution in [0.5, 0.6) is 0 Å². The smallest absolute Gasteiger partial charge is 0.338 e. The zero-order valence-electron chi connectivity index (χ0n) is 41.8. The SMILES string of the molecule is COC(=O)c1cc(F)c(Cn2c(=O)[nH]c3cnc4nc(C)ccc4c32)c(F)c1.Cc1ccc2c(ncc3[nH]c(=O)n(Cc4c(F)cc(Br)cc4F)c32)n1.Cc1ccc2c(ncc3[nH]c(=O)n(Cc4c(F)cc(C(=O)O)cc4F)c32)n1. The van der Waals surface area contributed by atoms with E-state index in [0.717, 1.165) is 48.5 Å². The molecule has 9 heterocycles. The predicted octanol–water partition coefficient (Wildman–Crippen LogP) is 8.97. The van der Waals surface area contributed by atoms with E-state index >= 15 is 0 Å². The van der Waals surface area contributed by atoms with Crippen molar-refractivity contribution in [1.82, 2.24) is 58.6 Å². The molecule has 0 amide bonds. The van der Waals surface area contributed by atoms with Crippen molar-refractivity contribution in [1.29, 1.82) is 0 Å². The normalized spacial score (nSPS) is 11.4. The Bertz CT molecular complexity index is 4680. The number of ether oxygens (including phenoxy) is 1. The van der Waals surface area contributed by atoms with Crippen LogP contribution in [0.25, 0.3) is 66.2 Å². The molecule has 404 valence electrons. The van der Waals surface area contributed by atoms with Gasteiger partial charge < -0.3 is 24.8 Å². The molecule has 4 N–H and O–H groups in total. The van der Waals surface area contributed by atoms with E-state index in [1.165, 1.54) is 44.4 Å². The molecule has 0 atom stereocenters. The van der Waals surface area contributed by atoms with Gasteiger partial charge in [-0.1, -0.05) is 15.9 Å². The summed E-state index contributed by atoms with van der Waals surface area (Å²) in [4.78, 5) is 93.1. The molecule has 0 saturated heterocycles. The quantitative estimate of drug-likeness (QED) is 0.0820. The van der Waals surface area contributed by atoms with Gasteiger partial charge in [0, 0.05) is 54.4 Å². The van der Waals surface area contributed by atoms with Crippen molar-refractivity contribution in [3.8, 4) is 0 Å². The molecule has 0 saturated carbocycles. The van der Waals surface area contributed by atoms with E-state index in [-0.39, 0.29) is 29.8 Å². The molecule has 0 unspecified atom stereocenters. The zero-order valence-corrected chi connectivity index (χ0v) is 43.4. The summed E-state index contributed by atoms with van der Waals surface area (Å²) in [5.74, 6) is -7.72. The maximum atomic E-state index is 14.5. The maximum Gasteiger partial charge on any atom is 0.338 e. The predicted molar refractivity (Wildman–Crippen MR) is 284 cm³/mol. The number of aromatic carboxylic acids is 1. The van der Waals surface area contributed by atoms with Gasteiger partial charge in [0.1, 0.15) is 34.9 Å². The maximum absolute atomic E-state index is 14.5. The summed E-state index contributed by atoms with van der Waals surface area (Å²) in [6.45, 7) is 4.42. The van der Waals surface area contributed by atoms with Crippen LogP contribution >= 0.6 is 15.9 Å². The first-order valence-electron chi connectivity index (χ1n) is 23.6. The lowest BCUT2D eigenvalue weighted by Crippen LogP contribution is -2.19. The van der Waals surface area contributed by atoms with Crippen molar-refractivity contribution in [2.45, 2.75) is 40.4 Å². The molecule has 0 aliphatic heterocycles. The van der Waals surface area contributed by atoms with Gasteiger partial charge in [0.2, 0.25) is 0 Å². The average Bonchev–Trinajstić information content (AvgIpc) is 4.13. The van der Waals surface area contributed by atoms with Gasteiger partial charge in [0.05, 0.1) is 89.6 Å². The van der Waals surface area contributed by atoms with E-state index in [1.807, 2.05) is 13.8 Å². The third kappa shape index (κ3) is 10.1. The summed E-state index contributed by atoms with van der Waals surface area (Å²) >= 11 is 3.05. The Morgan fingerprint density at radius 2 is 0.812 bits per heavy atom. The number of aryl methyl sites for hydroxylation is 3. The van der Waals surface area contributed by atoms with E-state index in [1.54, 1.807) is 43.3 Å². The molecule has 0 aliphatic carbocycles. The minimum absolute atomic E-state index is 0.184. The Labute approximate surface area is 451 Å². The Hall–Kier alpha value is -9.85. The van der Waals surface area contributed by atoms with Gasteiger partial charge in [0.15, 0.2) is 16.9 Å². The van der Waals surface area contributed by atoms with E-state index in [9.17, 15) is 50.3 Å². The number of benzene rings is 3. The molecule has 12 aromatic rings. The summed E-state index contributed by atoms with van der Waals surface area (Å²) in [6, 6.07) is 16.1. The second-order valence-electron chi connectivity index (χ2n) is 18.1. The van der Waals surface area contributed by atoms with Gasteiger partial charge in [-0.2, -0.15) is 0 Å². The number of carboxylic acid groups (broad SMARTS) is 1. The molecule has 0 spiro atoms. The first-order chi connectivity index (χ1) is 38.2. The highest BCUT2D eigenvalue weighted by atomic mass is 79.9. The van der Waals surface area contributed by atoms with Crippen LogP contribution < -0.4 is 17.1 Å². The number of aromatic amines is 3. The number of methoxy groups -OCH3 is 1. The molecule has 0 bridgehead atoms. The number of pyridine rings is 6. The highest BCUT2D eigenvalue weighted by Gasteiger charge is 2.22. The number of esters is 1. The molecule has 26 heteroatoms. The fraction of sp³-hybridized carbons (Fsp3) is 0.130. The van der Waals surface area contributed by atoms with E-state index in [2.05, 4.69) is 65.5 Å². The van der Waals surface area contributed by atoms with E-state index < -0.39 is 81.6 Å². The van der Waals surface area contributed by atoms with Gasteiger partial charge >= 0.3 is 29.0 Å². The molecule has 0 fully saturated rings. The molecular weight excluding hydrogens is 1120 g/mol. The van der Waals surface area contributed by atoms with Gasteiger partial charge in [-0.15, -0.1) is 0 Å². The molecule has 80 heavy (non-hydrogen) atoms. The minimum atomic E-state index is -1.44. The third-order valence-corrected chi connectivity index (χ3v) is 13.3. The molecule has 12 rings (SSSR count). The van der Waals surface area contributed by atoms with Crippen LogP contribution in [-0.2, 0) is 24.4 Å². The summed E-state index contributed by atoms with van der Waals surface area (Å²) in [7, 11) is 1.12. The number of H-pyrrole nitrogens is 3. The summed E-state index contributed by atoms with van der Waals surface area (Å²) in [5, 5.41) is 10.7. The van der Waals surface area contributed by atoms with Crippen molar-refractivity contribution in [2.24, 2.45) is 0 Å². The van der Waals surface area contributed by atoms with Crippen LogP contribution in [0.15, 0.2) is 110 Å². The van der Waals surface area contributed by atoms with Crippen molar-refractivity contribution in [3.05, 3.63) is 207 Å². The van der Waals surface area contributed by atoms with Gasteiger partial charge in [-0.05, 0) is 93.6 Å². The van der Waals surface area contributed by atoms with Crippen LogP contribution in [0.3, 0.4) is 0 Å². The number of carbonyl (C=O) groups excluding carboxylic acids is 1. The topological polar surface area (TPSA) is 254 Å². The summed E-state index contributed by atoms with van der Waals surface area (Å²) in [6.07, 6.45) is 4.38. The monoisotopic (exact) mass is 1160 g/mol. The van der Waals surface area contributed by atoms with Crippen LogP contribution in [0.4, 0.5) is 26.3 Å². The van der Waals surface area contributed by atoms with Crippen LogP contribution in [0.1, 0.15) is 54.5 Å². The molecular formula is C54H37BrF6N12O7. The Kier molecular flexibility index (Phi) is 14.2. The summed E-state index contributed by atoms with van der Waals surface area (Å²) in [5.41, 5.74) is 2.98. The standard InChI is InChI=1S/C19H14F2N4O3.C18H12F2N4O3.C17H11BrF2N4O/c1-9-3-4-11-16-15(7-22-17(11)23-9)24-19(27)25(16)8-12-13(20)5-10(6-14(12)21)18(26)28-2;1-8-2-3-10-15-14(6-21-16(10)22-8)23-18(27)24(15)7-11-12(19)4-9(17(25)26)5-13(11)20;1-8-2-3-10-15-14(6-21-16(10)22-8)23-17(25)24(15)7-11-12(19)4-9(18)5-13(11)20/h3-7H,8H2,1-2H3,(H,24,27);2-6H,7H2,1H3,(H,23,27)(H,25,26);2-6H,7H2,1H3,(H,23,25). The lowest BCUT2D eigenvalue weighted by Gasteiger charge is -2.09. The van der Waals surface area contributed by atoms with Crippen LogP contribution in [-0.4, -0.2) is 82.7 Å². The first kappa shape index (κ1) is 53.5. The lowest BCUT2D eigenvalue weighted by molar-refractivity contribution is 0.0598. The molecule has 0 aliphatic rings. The Morgan fingerprint density at radius 1 is 0.512 bits per heavy atom. The number of nitrogens with zero attached hydrogens (tertiary/aromatic N) is 9. The lowest BCUT2D eigenvalue weighted by atomic mass is 10.1. The largest absolute Gasteiger partial charge is 0.478 e. The van der Waals surface area contributed by atoms with Crippen LogP contribution in [0.2, 0.25) is 0 Å². The van der Waals surface area contributed by atoms with Crippen molar-refractivity contribution < 1.29 is 45.8 Å². The highest BCUT2D eigenvalue weighted by Crippen LogP contribution is 2.28. The third-order valence-electron chi connectivity index (χ3n) is 12.8. The fourth-order valence-corrected chi connectivity index (χ4v) is 9.39. The number of halogens is 7. The second-order valence-corrected chi connectivity index (χ2v) is 19.0. The van der Waals surface area contributed by atoms with Crippen LogP contribution in [0, 0.1) is 55.7 Å². The Balaban J connectivity index is 0.000000135. The van der Waals surface area contributed by atoms with E-state index in [4.69, 9.17) is 5.11 Å². The zero-order chi connectivity index (χ0) is 57.0. The molecule has 3 aromatic carbocycles. The number of nitrogens with one attached hydrogen (secondary N) is 3. The number of hydrogen-bond donors (Lipinski definition) is 4. The number of aromatic nitrogens is 12. The number of carboxylic acids is 1. The number of imidazole rings is 3. The summed E-state index contributed by atoms with van der Waals surface area (Å²) < 4.78 is 94.5.